The van der Waals surface area contributed by atoms with Gasteiger partial charge < -0.3 is 9.72 Å². The maximum atomic E-state index is 12.8. The van der Waals surface area contributed by atoms with Crippen LogP contribution in [0, 0.1) is 13.8 Å². The van der Waals surface area contributed by atoms with Gasteiger partial charge >= 0.3 is 0 Å². The van der Waals surface area contributed by atoms with Crippen LogP contribution in [-0.2, 0) is 4.79 Å². The minimum absolute atomic E-state index is 0.127. The molecule has 2 aromatic heterocycles. The van der Waals surface area contributed by atoms with Crippen LogP contribution in [0.1, 0.15) is 23.8 Å². The number of thiophene rings is 1. The number of ketones is 1. The summed E-state index contributed by atoms with van der Waals surface area (Å²) in [5.41, 5.74) is 2.71. The van der Waals surface area contributed by atoms with E-state index in [4.69, 9.17) is 4.74 Å². The lowest BCUT2D eigenvalue weighted by molar-refractivity contribution is -0.116. The Bertz CT molecular complexity index is 1040. The first-order valence-electron chi connectivity index (χ1n) is 8.21. The highest BCUT2D eigenvalue weighted by Crippen LogP contribution is 2.40. The van der Waals surface area contributed by atoms with Crippen molar-refractivity contribution in [1.82, 2.24) is 9.97 Å². The Morgan fingerprint density at radius 1 is 1.35 bits per heavy atom. The summed E-state index contributed by atoms with van der Waals surface area (Å²) in [6.07, 6.45) is 0.460. The van der Waals surface area contributed by atoms with E-state index in [1.807, 2.05) is 32.0 Å². The van der Waals surface area contributed by atoms with Crippen LogP contribution in [0.2, 0.25) is 0 Å². The number of Topliss-reactive ketones (excluding diaryl/α,β-unsaturated/α-hetero) is 1. The van der Waals surface area contributed by atoms with Crippen molar-refractivity contribution in [3.63, 3.8) is 0 Å². The number of benzene rings is 1. The van der Waals surface area contributed by atoms with Crippen LogP contribution >= 0.6 is 23.1 Å². The predicted molar refractivity (Wildman–Crippen MR) is 108 cm³/mol. The van der Waals surface area contributed by atoms with Gasteiger partial charge in [0, 0.05) is 28.2 Å². The Balaban J connectivity index is 2.11. The number of rotatable bonds is 6. The van der Waals surface area contributed by atoms with E-state index < -0.39 is 0 Å². The summed E-state index contributed by atoms with van der Waals surface area (Å²) in [4.78, 5) is 33.0. The number of nitrogens with one attached hydrogen (secondary N) is 1. The summed E-state index contributed by atoms with van der Waals surface area (Å²) in [7, 11) is 1.63. The lowest BCUT2D eigenvalue weighted by Gasteiger charge is -2.10. The van der Waals surface area contributed by atoms with Crippen molar-refractivity contribution in [2.45, 2.75) is 32.3 Å². The van der Waals surface area contributed by atoms with Crippen LogP contribution in [0.3, 0.4) is 0 Å². The van der Waals surface area contributed by atoms with Crippen LogP contribution in [0.25, 0.3) is 21.3 Å². The SMILES string of the molecule is COc1ccc(C)cc1-c1c(C)sc2nc(SCCC(C)=O)[nH]c(=O)c12. The van der Waals surface area contributed by atoms with Gasteiger partial charge in [-0.2, -0.15) is 0 Å². The molecule has 0 saturated heterocycles. The number of ether oxygens (including phenoxy) is 1. The number of aromatic nitrogens is 2. The fourth-order valence-corrected chi connectivity index (χ4v) is 4.80. The summed E-state index contributed by atoms with van der Waals surface area (Å²) < 4.78 is 5.50. The summed E-state index contributed by atoms with van der Waals surface area (Å²) in [6, 6.07) is 5.93. The van der Waals surface area contributed by atoms with Gasteiger partial charge in [0.25, 0.3) is 5.56 Å². The quantitative estimate of drug-likeness (QED) is 0.502. The molecule has 2 heterocycles. The number of methoxy groups -OCH3 is 1. The van der Waals surface area contributed by atoms with Crippen molar-refractivity contribution in [2.75, 3.05) is 12.9 Å². The first kappa shape index (κ1) is 18.7. The summed E-state index contributed by atoms with van der Waals surface area (Å²) in [6.45, 7) is 5.56. The standard InChI is InChI=1S/C19H20N2O3S2/c1-10-5-6-14(24-4)13(9-10)15-12(3)26-18-16(15)17(23)20-19(21-18)25-8-7-11(2)22/h5-6,9H,7-8H2,1-4H3,(H,20,21,23). The van der Waals surface area contributed by atoms with E-state index in [-0.39, 0.29) is 11.3 Å². The molecular weight excluding hydrogens is 368 g/mol. The van der Waals surface area contributed by atoms with Gasteiger partial charge in [-0.15, -0.1) is 11.3 Å². The molecule has 7 heteroatoms. The minimum atomic E-state index is -0.164. The van der Waals surface area contributed by atoms with E-state index in [0.29, 0.717) is 27.5 Å². The molecule has 0 amide bonds. The predicted octanol–water partition coefficient (Wildman–Crippen LogP) is 4.35. The fraction of sp³-hybridized carbons (Fsp3) is 0.316. The van der Waals surface area contributed by atoms with Crippen molar-refractivity contribution >= 4 is 39.1 Å². The Morgan fingerprint density at radius 2 is 2.12 bits per heavy atom. The Labute approximate surface area is 159 Å². The topological polar surface area (TPSA) is 72.0 Å². The molecule has 0 aliphatic rings. The molecule has 0 aliphatic carbocycles. The molecule has 136 valence electrons. The number of aryl methyl sites for hydroxylation is 2. The van der Waals surface area contributed by atoms with Crippen LogP contribution < -0.4 is 10.3 Å². The molecule has 0 fully saturated rings. The van der Waals surface area contributed by atoms with Crippen LogP contribution in [0.5, 0.6) is 5.75 Å². The molecule has 5 nitrogen and oxygen atoms in total. The number of hydrogen-bond acceptors (Lipinski definition) is 6. The second-order valence-electron chi connectivity index (χ2n) is 6.09. The molecule has 0 aliphatic heterocycles. The summed E-state index contributed by atoms with van der Waals surface area (Å²) in [5.74, 6) is 1.46. The van der Waals surface area contributed by atoms with E-state index >= 15 is 0 Å². The smallest absolute Gasteiger partial charge is 0.260 e. The summed E-state index contributed by atoms with van der Waals surface area (Å²) >= 11 is 2.89. The zero-order valence-corrected chi connectivity index (χ0v) is 16.8. The Kier molecular flexibility index (Phi) is 5.48. The molecule has 26 heavy (non-hydrogen) atoms. The van der Waals surface area contributed by atoms with Gasteiger partial charge in [-0.05, 0) is 32.9 Å². The number of aromatic amines is 1. The van der Waals surface area contributed by atoms with Crippen molar-refractivity contribution in [3.8, 4) is 16.9 Å². The van der Waals surface area contributed by atoms with E-state index in [9.17, 15) is 9.59 Å². The Morgan fingerprint density at radius 3 is 2.81 bits per heavy atom. The third kappa shape index (κ3) is 3.68. The normalized spacial score (nSPS) is 11.1. The maximum Gasteiger partial charge on any atom is 0.260 e. The first-order chi connectivity index (χ1) is 12.4. The average Bonchev–Trinajstić information content (AvgIpc) is 2.90. The van der Waals surface area contributed by atoms with E-state index in [1.54, 1.807) is 14.0 Å². The zero-order valence-electron chi connectivity index (χ0n) is 15.1. The zero-order chi connectivity index (χ0) is 18.8. The molecule has 0 saturated carbocycles. The van der Waals surface area contributed by atoms with Crippen LogP contribution in [-0.4, -0.2) is 28.6 Å². The average molecular weight is 389 g/mol. The monoisotopic (exact) mass is 388 g/mol. The number of hydrogen-bond donors (Lipinski definition) is 1. The molecule has 1 N–H and O–H groups in total. The Hall–Kier alpha value is -2.12. The molecule has 0 radical (unpaired) electrons. The van der Waals surface area contributed by atoms with E-state index in [2.05, 4.69) is 9.97 Å². The highest BCUT2D eigenvalue weighted by molar-refractivity contribution is 7.99. The van der Waals surface area contributed by atoms with Gasteiger partial charge in [0.05, 0.1) is 12.5 Å². The lowest BCUT2D eigenvalue weighted by Crippen LogP contribution is -2.09. The van der Waals surface area contributed by atoms with Crippen molar-refractivity contribution in [1.29, 1.82) is 0 Å². The van der Waals surface area contributed by atoms with Gasteiger partial charge in [-0.25, -0.2) is 4.98 Å². The van der Waals surface area contributed by atoms with Gasteiger partial charge in [-0.3, -0.25) is 9.59 Å². The van der Waals surface area contributed by atoms with E-state index in [0.717, 1.165) is 27.3 Å². The van der Waals surface area contributed by atoms with Crippen LogP contribution in [0.15, 0.2) is 28.2 Å². The third-order valence-electron chi connectivity index (χ3n) is 4.03. The first-order valence-corrected chi connectivity index (χ1v) is 10.0. The second kappa shape index (κ2) is 7.63. The fourth-order valence-electron chi connectivity index (χ4n) is 2.80. The van der Waals surface area contributed by atoms with Gasteiger partial charge in [-0.1, -0.05) is 23.4 Å². The molecule has 3 aromatic rings. The molecular formula is C19H20N2O3S2. The number of carbonyl (C=O) groups is 1. The highest BCUT2D eigenvalue weighted by atomic mass is 32.2. The number of fused-ring (bicyclic) bond motifs is 1. The number of H-pyrrole nitrogens is 1. The molecule has 0 unspecified atom stereocenters. The largest absolute Gasteiger partial charge is 0.496 e. The van der Waals surface area contributed by atoms with Gasteiger partial charge in [0.2, 0.25) is 0 Å². The lowest BCUT2D eigenvalue weighted by atomic mass is 10.0. The molecule has 0 bridgehead atoms. The molecule has 3 rings (SSSR count). The summed E-state index contributed by atoms with van der Waals surface area (Å²) in [5, 5.41) is 1.14. The van der Waals surface area contributed by atoms with Crippen molar-refractivity contribution in [2.24, 2.45) is 0 Å². The number of nitrogens with zero attached hydrogens (tertiary/aromatic N) is 1. The highest BCUT2D eigenvalue weighted by Gasteiger charge is 2.19. The van der Waals surface area contributed by atoms with Gasteiger partial charge in [0.1, 0.15) is 16.4 Å². The van der Waals surface area contributed by atoms with Crippen LogP contribution in [0.4, 0.5) is 0 Å². The number of carbonyl (C=O) groups excluding carboxylic acids is 1. The molecule has 0 atom stereocenters. The molecule has 1 aromatic carbocycles. The maximum absolute atomic E-state index is 12.8. The minimum Gasteiger partial charge on any atom is -0.496 e. The van der Waals surface area contributed by atoms with Gasteiger partial charge in [0.15, 0.2) is 5.16 Å². The van der Waals surface area contributed by atoms with E-state index in [1.165, 1.54) is 23.1 Å². The molecule has 0 spiro atoms. The second-order valence-corrected chi connectivity index (χ2v) is 8.38. The third-order valence-corrected chi connectivity index (χ3v) is 5.91. The van der Waals surface area contributed by atoms with Crippen molar-refractivity contribution in [3.05, 3.63) is 39.0 Å². The van der Waals surface area contributed by atoms with Crippen molar-refractivity contribution < 1.29 is 9.53 Å². The number of thioether (sulfide) groups is 1.